The van der Waals surface area contributed by atoms with Crippen LogP contribution in [0, 0.1) is 5.92 Å². The minimum Gasteiger partial charge on any atom is -0.496 e. The minimum atomic E-state index is -0.909. The highest BCUT2D eigenvalue weighted by Gasteiger charge is 2.52. The van der Waals surface area contributed by atoms with E-state index in [1.165, 1.54) is 4.90 Å². The molecule has 2 unspecified atom stereocenters. The number of carbonyl (C=O) groups is 1. The number of piperidine rings is 1. The van der Waals surface area contributed by atoms with Gasteiger partial charge >= 0.3 is 6.09 Å². The highest BCUT2D eigenvalue weighted by molar-refractivity contribution is 5.65. The maximum Gasteiger partial charge on any atom is 0.407 e. The number of methoxy groups -OCH3 is 1. The van der Waals surface area contributed by atoms with Gasteiger partial charge in [-0.25, -0.2) is 4.79 Å². The summed E-state index contributed by atoms with van der Waals surface area (Å²) >= 11 is 0. The molecule has 2 aliphatic rings. The fourth-order valence-corrected chi connectivity index (χ4v) is 4.58. The van der Waals surface area contributed by atoms with Crippen molar-refractivity contribution in [1.29, 1.82) is 0 Å². The van der Waals surface area contributed by atoms with Crippen LogP contribution in [-0.4, -0.2) is 47.0 Å². The van der Waals surface area contributed by atoms with E-state index in [-0.39, 0.29) is 5.92 Å². The Morgan fingerprint density at radius 3 is 2.54 bits per heavy atom. The Hall–Kier alpha value is -2.73. The number of aliphatic hydroxyl groups excluding tert-OH is 1. The summed E-state index contributed by atoms with van der Waals surface area (Å²) in [6.07, 6.45) is 0.0751. The number of fused-ring (bicyclic) bond motifs is 1. The third kappa shape index (κ3) is 3.18. The highest BCUT2D eigenvalue weighted by Crippen LogP contribution is 2.52. The fourth-order valence-electron chi connectivity index (χ4n) is 4.58. The second-order valence-electron chi connectivity index (χ2n) is 7.55. The standard InChI is InChI=1S/C22H25NO5/c1-27-17-8-5-9-18-19(17)20(24)16(14-15-6-3-2-4-7-15)22(28-18)10-12-23(13-11-22)21(25)26/h2-9,16,20,24H,10-14H2,1H3,(H,25,26). The van der Waals surface area contributed by atoms with Crippen molar-refractivity contribution < 1.29 is 24.5 Å². The van der Waals surface area contributed by atoms with Crippen LogP contribution in [0.3, 0.4) is 0 Å². The first kappa shape index (κ1) is 18.6. The molecule has 2 aromatic carbocycles. The number of nitrogens with zero attached hydrogens (tertiary/aromatic N) is 1. The molecule has 0 saturated carbocycles. The molecule has 0 radical (unpaired) electrons. The molecule has 6 heteroatoms. The molecule has 2 aliphatic heterocycles. The third-order valence-electron chi connectivity index (χ3n) is 6.09. The maximum atomic E-state index is 11.4. The van der Waals surface area contributed by atoms with E-state index in [0.717, 1.165) is 5.56 Å². The summed E-state index contributed by atoms with van der Waals surface area (Å²) in [5.41, 5.74) is 1.19. The first-order chi connectivity index (χ1) is 13.5. The van der Waals surface area contributed by atoms with E-state index >= 15 is 0 Å². The van der Waals surface area contributed by atoms with Crippen LogP contribution < -0.4 is 9.47 Å². The molecule has 1 saturated heterocycles. The quantitative estimate of drug-likeness (QED) is 0.848. The molecule has 2 N–H and O–H groups in total. The number of carboxylic acid groups (broad SMARTS) is 1. The van der Waals surface area contributed by atoms with E-state index in [1.54, 1.807) is 7.11 Å². The summed E-state index contributed by atoms with van der Waals surface area (Å²) in [7, 11) is 1.59. The molecule has 28 heavy (non-hydrogen) atoms. The summed E-state index contributed by atoms with van der Waals surface area (Å²) in [5, 5.41) is 20.7. The predicted molar refractivity (Wildman–Crippen MR) is 104 cm³/mol. The van der Waals surface area contributed by atoms with Crippen LogP contribution in [0.1, 0.15) is 30.1 Å². The number of amides is 1. The number of benzene rings is 2. The van der Waals surface area contributed by atoms with Crippen molar-refractivity contribution in [3.8, 4) is 11.5 Å². The Balaban J connectivity index is 1.73. The molecule has 2 aromatic rings. The van der Waals surface area contributed by atoms with Gasteiger partial charge in [-0.15, -0.1) is 0 Å². The summed E-state index contributed by atoms with van der Waals surface area (Å²) < 4.78 is 12.0. The lowest BCUT2D eigenvalue weighted by atomic mass is 9.70. The third-order valence-corrected chi connectivity index (χ3v) is 6.09. The van der Waals surface area contributed by atoms with Gasteiger partial charge in [-0.2, -0.15) is 0 Å². The SMILES string of the molecule is COc1cccc2c1C(O)C(Cc1ccccc1)C1(CCN(C(=O)O)CC1)O2. The second-order valence-corrected chi connectivity index (χ2v) is 7.55. The Morgan fingerprint density at radius 2 is 1.89 bits per heavy atom. The molecule has 0 aliphatic carbocycles. The second kappa shape index (κ2) is 7.36. The topological polar surface area (TPSA) is 79.2 Å². The summed E-state index contributed by atoms with van der Waals surface area (Å²) in [6.45, 7) is 0.791. The number of aliphatic hydroxyl groups is 1. The van der Waals surface area contributed by atoms with Gasteiger partial charge in [0.2, 0.25) is 0 Å². The molecule has 0 aromatic heterocycles. The fraction of sp³-hybridized carbons (Fsp3) is 0.409. The number of ether oxygens (including phenoxy) is 2. The van der Waals surface area contributed by atoms with Crippen LogP contribution in [-0.2, 0) is 6.42 Å². The molecule has 1 amide bonds. The zero-order chi connectivity index (χ0) is 19.7. The predicted octanol–water partition coefficient (Wildman–Crippen LogP) is 3.49. The van der Waals surface area contributed by atoms with Gasteiger partial charge < -0.3 is 24.6 Å². The van der Waals surface area contributed by atoms with Gasteiger partial charge in [0.05, 0.1) is 18.8 Å². The van der Waals surface area contributed by atoms with Gasteiger partial charge in [-0.05, 0) is 24.1 Å². The van der Waals surface area contributed by atoms with Gasteiger partial charge in [0, 0.05) is 31.8 Å². The normalized spacial score (nSPS) is 23.0. The molecular formula is C22H25NO5. The Morgan fingerprint density at radius 1 is 1.18 bits per heavy atom. The Kier molecular flexibility index (Phi) is 4.89. The summed E-state index contributed by atoms with van der Waals surface area (Å²) in [4.78, 5) is 12.8. The number of rotatable bonds is 3. The van der Waals surface area contributed by atoms with Crippen molar-refractivity contribution >= 4 is 6.09 Å². The number of likely N-dealkylation sites (tertiary alicyclic amines) is 1. The summed E-state index contributed by atoms with van der Waals surface area (Å²) in [6, 6.07) is 15.6. The molecule has 148 valence electrons. The van der Waals surface area contributed by atoms with Crippen LogP contribution in [0.4, 0.5) is 4.79 Å². The Labute approximate surface area is 164 Å². The van der Waals surface area contributed by atoms with Gasteiger partial charge in [-0.3, -0.25) is 0 Å². The van der Waals surface area contributed by atoms with Crippen LogP contribution in [0.25, 0.3) is 0 Å². The lowest BCUT2D eigenvalue weighted by Crippen LogP contribution is -2.57. The van der Waals surface area contributed by atoms with Gasteiger partial charge in [0.15, 0.2) is 0 Å². The van der Waals surface area contributed by atoms with E-state index in [2.05, 4.69) is 0 Å². The van der Waals surface area contributed by atoms with Crippen LogP contribution in [0.5, 0.6) is 11.5 Å². The number of hydrogen-bond donors (Lipinski definition) is 2. The number of hydrogen-bond acceptors (Lipinski definition) is 4. The average Bonchev–Trinajstić information content (AvgIpc) is 2.71. The van der Waals surface area contributed by atoms with Crippen LogP contribution >= 0.6 is 0 Å². The van der Waals surface area contributed by atoms with E-state index in [9.17, 15) is 15.0 Å². The first-order valence-electron chi connectivity index (χ1n) is 9.60. The van der Waals surface area contributed by atoms with E-state index in [0.29, 0.717) is 49.4 Å². The summed E-state index contributed by atoms with van der Waals surface area (Å²) in [5.74, 6) is 1.04. The van der Waals surface area contributed by atoms with Crippen molar-refractivity contribution in [1.82, 2.24) is 4.90 Å². The van der Waals surface area contributed by atoms with Crippen LogP contribution in [0.2, 0.25) is 0 Å². The maximum absolute atomic E-state index is 11.4. The van der Waals surface area contributed by atoms with Gasteiger partial charge in [0.25, 0.3) is 0 Å². The molecule has 2 atom stereocenters. The van der Waals surface area contributed by atoms with Gasteiger partial charge in [0.1, 0.15) is 17.1 Å². The lowest BCUT2D eigenvalue weighted by Gasteiger charge is -2.50. The minimum absolute atomic E-state index is 0.199. The molecule has 6 nitrogen and oxygen atoms in total. The van der Waals surface area contributed by atoms with Crippen molar-refractivity contribution in [3.05, 3.63) is 59.7 Å². The lowest BCUT2D eigenvalue weighted by molar-refractivity contribution is -0.104. The highest BCUT2D eigenvalue weighted by atomic mass is 16.5. The molecule has 0 bridgehead atoms. The molecule has 1 spiro atoms. The smallest absolute Gasteiger partial charge is 0.407 e. The van der Waals surface area contributed by atoms with Crippen molar-refractivity contribution in [2.75, 3.05) is 20.2 Å². The van der Waals surface area contributed by atoms with Crippen molar-refractivity contribution in [3.63, 3.8) is 0 Å². The van der Waals surface area contributed by atoms with Crippen LogP contribution in [0.15, 0.2) is 48.5 Å². The first-order valence-corrected chi connectivity index (χ1v) is 9.60. The Bertz CT molecular complexity index is 845. The van der Waals surface area contributed by atoms with E-state index in [4.69, 9.17) is 9.47 Å². The average molecular weight is 383 g/mol. The van der Waals surface area contributed by atoms with E-state index in [1.807, 2.05) is 48.5 Å². The van der Waals surface area contributed by atoms with E-state index < -0.39 is 17.8 Å². The van der Waals surface area contributed by atoms with Gasteiger partial charge in [-0.1, -0.05) is 36.4 Å². The van der Waals surface area contributed by atoms with Crippen molar-refractivity contribution in [2.24, 2.45) is 5.92 Å². The molecule has 1 fully saturated rings. The molecule has 2 heterocycles. The molecule has 4 rings (SSSR count). The largest absolute Gasteiger partial charge is 0.496 e. The monoisotopic (exact) mass is 383 g/mol. The zero-order valence-corrected chi connectivity index (χ0v) is 15.9. The van der Waals surface area contributed by atoms with Crippen molar-refractivity contribution in [2.45, 2.75) is 31.0 Å². The molecular weight excluding hydrogens is 358 g/mol. The zero-order valence-electron chi connectivity index (χ0n) is 15.9.